The lowest BCUT2D eigenvalue weighted by Crippen LogP contribution is -2.17. The molecular weight excluding hydrogens is 342 g/mol. The van der Waals surface area contributed by atoms with E-state index in [4.69, 9.17) is 21.9 Å². The van der Waals surface area contributed by atoms with Crippen LogP contribution in [-0.4, -0.2) is 17.0 Å². The summed E-state index contributed by atoms with van der Waals surface area (Å²) in [6.45, 7) is 0. The fraction of sp³-hybridized carbons (Fsp3) is 0.0556. The van der Waals surface area contributed by atoms with E-state index in [0.717, 1.165) is 0 Å². The number of anilines is 1. The molecule has 2 aromatic carbocycles. The van der Waals surface area contributed by atoms with Crippen LogP contribution in [0.1, 0.15) is 16.1 Å². The van der Waals surface area contributed by atoms with E-state index < -0.39 is 11.8 Å². The van der Waals surface area contributed by atoms with Gasteiger partial charge < -0.3 is 15.6 Å². The highest BCUT2D eigenvalue weighted by Gasteiger charge is 2.16. The van der Waals surface area contributed by atoms with Crippen molar-refractivity contribution in [3.63, 3.8) is 0 Å². The molecule has 2 amide bonds. The van der Waals surface area contributed by atoms with Crippen LogP contribution in [0, 0.1) is 0 Å². The number of halogens is 1. The number of nitrogens with two attached hydrogens (primary N) is 1. The Bertz CT molecular complexity index is 937. The minimum Gasteiger partial charge on any atom is -0.369 e. The molecule has 0 spiro atoms. The standard InChI is InChI=1S/C18H14ClN3O3/c19-13-6-3-5-12(8-13)16-10-15(22-25-16)18(24)21-14-7-2-1-4-11(14)9-17(20)23/h1-8,10H,9H2,(H2,20,23)(H,21,24). The smallest absolute Gasteiger partial charge is 0.277 e. The van der Waals surface area contributed by atoms with E-state index in [1.165, 1.54) is 6.07 Å². The van der Waals surface area contributed by atoms with E-state index in [9.17, 15) is 9.59 Å². The van der Waals surface area contributed by atoms with Gasteiger partial charge in [0.15, 0.2) is 11.5 Å². The number of hydrogen-bond donors (Lipinski definition) is 2. The van der Waals surface area contributed by atoms with Crippen molar-refractivity contribution in [1.82, 2.24) is 5.16 Å². The van der Waals surface area contributed by atoms with Crippen LogP contribution in [0.3, 0.4) is 0 Å². The van der Waals surface area contributed by atoms with Crippen molar-refractivity contribution in [2.45, 2.75) is 6.42 Å². The molecule has 3 N–H and O–H groups in total. The summed E-state index contributed by atoms with van der Waals surface area (Å²) in [6, 6.07) is 15.5. The second-order valence-electron chi connectivity index (χ2n) is 5.34. The Morgan fingerprint density at radius 2 is 1.92 bits per heavy atom. The van der Waals surface area contributed by atoms with Gasteiger partial charge in [-0.15, -0.1) is 0 Å². The number of primary amides is 1. The maximum absolute atomic E-state index is 12.4. The number of carbonyl (C=O) groups is 2. The van der Waals surface area contributed by atoms with Gasteiger partial charge in [-0.1, -0.05) is 47.1 Å². The quantitative estimate of drug-likeness (QED) is 0.733. The molecule has 0 saturated heterocycles. The van der Waals surface area contributed by atoms with Gasteiger partial charge in [0.1, 0.15) is 0 Å². The van der Waals surface area contributed by atoms with Crippen molar-refractivity contribution in [1.29, 1.82) is 0 Å². The van der Waals surface area contributed by atoms with Gasteiger partial charge in [0.25, 0.3) is 5.91 Å². The fourth-order valence-electron chi connectivity index (χ4n) is 2.33. The average molecular weight is 356 g/mol. The van der Waals surface area contributed by atoms with Crippen molar-refractivity contribution in [3.8, 4) is 11.3 Å². The van der Waals surface area contributed by atoms with Crippen LogP contribution in [0.4, 0.5) is 5.69 Å². The Morgan fingerprint density at radius 1 is 1.12 bits per heavy atom. The van der Waals surface area contributed by atoms with Crippen molar-refractivity contribution in [2.75, 3.05) is 5.32 Å². The van der Waals surface area contributed by atoms with E-state index in [-0.39, 0.29) is 12.1 Å². The highest BCUT2D eigenvalue weighted by molar-refractivity contribution is 6.30. The lowest BCUT2D eigenvalue weighted by atomic mass is 10.1. The van der Waals surface area contributed by atoms with Gasteiger partial charge >= 0.3 is 0 Å². The minimum absolute atomic E-state index is 0.0308. The Hall–Kier alpha value is -3.12. The molecule has 1 heterocycles. The van der Waals surface area contributed by atoms with Crippen molar-refractivity contribution in [2.24, 2.45) is 5.73 Å². The zero-order valence-corrected chi connectivity index (χ0v) is 13.8. The first-order valence-electron chi connectivity index (χ1n) is 7.43. The maximum atomic E-state index is 12.4. The maximum Gasteiger partial charge on any atom is 0.277 e. The van der Waals surface area contributed by atoms with Crippen molar-refractivity contribution in [3.05, 3.63) is 70.9 Å². The monoisotopic (exact) mass is 355 g/mol. The third kappa shape index (κ3) is 4.05. The van der Waals surface area contributed by atoms with Gasteiger partial charge in [-0.05, 0) is 23.8 Å². The van der Waals surface area contributed by atoms with E-state index in [1.54, 1.807) is 48.5 Å². The van der Waals surface area contributed by atoms with Crippen LogP contribution in [0.5, 0.6) is 0 Å². The van der Waals surface area contributed by atoms with E-state index in [0.29, 0.717) is 27.6 Å². The molecule has 6 nitrogen and oxygen atoms in total. The third-order valence-corrected chi connectivity index (χ3v) is 3.72. The number of nitrogens with zero attached hydrogens (tertiary/aromatic N) is 1. The summed E-state index contributed by atoms with van der Waals surface area (Å²) >= 11 is 5.95. The van der Waals surface area contributed by atoms with Gasteiger partial charge in [-0.25, -0.2) is 0 Å². The molecule has 0 bridgehead atoms. The molecule has 7 heteroatoms. The molecule has 0 aliphatic carbocycles. The van der Waals surface area contributed by atoms with Gasteiger partial charge in [0.2, 0.25) is 5.91 Å². The van der Waals surface area contributed by atoms with E-state index in [1.807, 2.05) is 0 Å². The molecule has 0 fully saturated rings. The number of rotatable bonds is 5. The predicted molar refractivity (Wildman–Crippen MR) is 94.2 cm³/mol. The molecule has 126 valence electrons. The summed E-state index contributed by atoms with van der Waals surface area (Å²) in [4.78, 5) is 23.5. The first kappa shape index (κ1) is 16.7. The summed E-state index contributed by atoms with van der Waals surface area (Å²) in [5.74, 6) is -0.501. The summed E-state index contributed by atoms with van der Waals surface area (Å²) in [7, 11) is 0. The normalized spacial score (nSPS) is 10.4. The molecule has 3 aromatic rings. The molecule has 0 aliphatic heterocycles. The van der Waals surface area contributed by atoms with Gasteiger partial charge in [0.05, 0.1) is 6.42 Å². The van der Waals surface area contributed by atoms with Gasteiger partial charge in [-0.2, -0.15) is 0 Å². The van der Waals surface area contributed by atoms with Crippen molar-refractivity contribution < 1.29 is 14.1 Å². The molecule has 3 rings (SSSR count). The number of nitrogens with one attached hydrogen (secondary N) is 1. The van der Waals surface area contributed by atoms with Crippen LogP contribution in [0.15, 0.2) is 59.1 Å². The zero-order chi connectivity index (χ0) is 17.8. The molecule has 1 aromatic heterocycles. The topological polar surface area (TPSA) is 98.2 Å². The first-order chi connectivity index (χ1) is 12.0. The summed E-state index contributed by atoms with van der Waals surface area (Å²) in [5, 5.41) is 7.06. The number of carbonyl (C=O) groups excluding carboxylic acids is 2. The van der Waals surface area contributed by atoms with Crippen LogP contribution in [-0.2, 0) is 11.2 Å². The van der Waals surface area contributed by atoms with Crippen LogP contribution >= 0.6 is 11.6 Å². The van der Waals surface area contributed by atoms with Crippen molar-refractivity contribution >= 4 is 29.1 Å². The van der Waals surface area contributed by atoms with E-state index >= 15 is 0 Å². The molecular formula is C18H14ClN3O3. The molecule has 0 atom stereocenters. The number of amides is 2. The molecule has 25 heavy (non-hydrogen) atoms. The minimum atomic E-state index is -0.480. The second kappa shape index (κ2) is 7.19. The number of hydrogen-bond acceptors (Lipinski definition) is 4. The Kier molecular flexibility index (Phi) is 4.81. The number of aromatic nitrogens is 1. The van der Waals surface area contributed by atoms with Crippen LogP contribution in [0.25, 0.3) is 11.3 Å². The third-order valence-electron chi connectivity index (χ3n) is 3.48. The zero-order valence-electron chi connectivity index (χ0n) is 13.0. The Balaban J connectivity index is 1.80. The fourth-order valence-corrected chi connectivity index (χ4v) is 2.52. The lowest BCUT2D eigenvalue weighted by molar-refractivity contribution is -0.117. The predicted octanol–water partition coefficient (Wildman–Crippen LogP) is 3.28. The summed E-state index contributed by atoms with van der Waals surface area (Å²) < 4.78 is 5.22. The SMILES string of the molecule is NC(=O)Cc1ccccc1NC(=O)c1cc(-c2cccc(Cl)c2)on1. The Morgan fingerprint density at radius 3 is 2.68 bits per heavy atom. The molecule has 0 aliphatic rings. The first-order valence-corrected chi connectivity index (χ1v) is 7.81. The summed E-state index contributed by atoms with van der Waals surface area (Å²) in [5.41, 5.74) is 7.18. The number of benzene rings is 2. The second-order valence-corrected chi connectivity index (χ2v) is 5.78. The van der Waals surface area contributed by atoms with Crippen LogP contribution < -0.4 is 11.1 Å². The molecule has 0 radical (unpaired) electrons. The highest BCUT2D eigenvalue weighted by Crippen LogP contribution is 2.24. The van der Waals surface area contributed by atoms with E-state index in [2.05, 4.69) is 10.5 Å². The van der Waals surface area contributed by atoms with Gasteiger partial charge in [-0.3, -0.25) is 9.59 Å². The van der Waals surface area contributed by atoms with Crippen LogP contribution in [0.2, 0.25) is 5.02 Å². The lowest BCUT2D eigenvalue weighted by Gasteiger charge is -2.08. The summed E-state index contributed by atoms with van der Waals surface area (Å²) in [6.07, 6.45) is 0.0308. The average Bonchev–Trinajstić information content (AvgIpc) is 3.06. The Labute approximate surface area is 148 Å². The molecule has 0 unspecified atom stereocenters. The number of para-hydroxylation sites is 1. The molecule has 0 saturated carbocycles. The largest absolute Gasteiger partial charge is 0.369 e. The van der Waals surface area contributed by atoms with Gasteiger partial charge in [0, 0.05) is 22.3 Å². The highest BCUT2D eigenvalue weighted by atomic mass is 35.5.